The quantitative estimate of drug-likeness (QED) is 0.704. The van der Waals surface area contributed by atoms with Crippen LogP contribution in [0.3, 0.4) is 0 Å². The number of ether oxygens (including phenoxy) is 2. The van der Waals surface area contributed by atoms with Crippen LogP contribution in [-0.4, -0.2) is 35.1 Å². The summed E-state index contributed by atoms with van der Waals surface area (Å²) in [5.41, 5.74) is 2.35. The fourth-order valence-corrected chi connectivity index (χ4v) is 2.81. The highest BCUT2D eigenvalue weighted by Gasteiger charge is 2.19. The minimum atomic E-state index is -0.317. The van der Waals surface area contributed by atoms with Crippen LogP contribution in [-0.2, 0) is 6.54 Å². The lowest BCUT2D eigenvalue weighted by molar-refractivity contribution is 0.0945. The molecule has 0 unspecified atom stereocenters. The topological polar surface area (TPSA) is 78.3 Å². The van der Waals surface area contributed by atoms with Crippen molar-refractivity contribution in [3.63, 3.8) is 0 Å². The second kappa shape index (κ2) is 8.09. The molecule has 1 amide bonds. The number of hydrogen-bond donors (Lipinski definition) is 1. The number of halogens is 1. The molecule has 8 heteroatoms. The first-order valence-corrected chi connectivity index (χ1v) is 8.58. The van der Waals surface area contributed by atoms with Crippen LogP contribution in [0, 0.1) is 6.92 Å². The van der Waals surface area contributed by atoms with E-state index < -0.39 is 0 Å². The van der Waals surface area contributed by atoms with E-state index in [9.17, 15) is 4.79 Å². The Bertz CT molecular complexity index is 971. The number of amides is 1. The molecule has 0 bridgehead atoms. The van der Waals surface area contributed by atoms with Crippen LogP contribution in [0.25, 0.3) is 5.69 Å². The summed E-state index contributed by atoms with van der Waals surface area (Å²) in [6.07, 6.45) is 0. The predicted octanol–water partition coefficient (Wildman–Crippen LogP) is 3.18. The number of methoxy groups -OCH3 is 2. The maximum Gasteiger partial charge on any atom is 0.274 e. The van der Waals surface area contributed by atoms with Gasteiger partial charge >= 0.3 is 0 Å². The molecule has 0 spiro atoms. The Labute approximate surface area is 161 Å². The molecule has 0 radical (unpaired) electrons. The van der Waals surface area contributed by atoms with E-state index in [1.54, 1.807) is 39.3 Å². The molecule has 140 valence electrons. The molecule has 0 aliphatic heterocycles. The molecule has 1 heterocycles. The number of aromatic nitrogens is 3. The molecular weight excluding hydrogens is 368 g/mol. The van der Waals surface area contributed by atoms with Crippen molar-refractivity contribution < 1.29 is 14.3 Å². The van der Waals surface area contributed by atoms with Crippen LogP contribution in [0.4, 0.5) is 0 Å². The average molecular weight is 387 g/mol. The van der Waals surface area contributed by atoms with Crippen LogP contribution in [0.1, 0.15) is 21.7 Å². The zero-order chi connectivity index (χ0) is 19.4. The van der Waals surface area contributed by atoms with Crippen molar-refractivity contribution in [1.82, 2.24) is 20.3 Å². The minimum Gasteiger partial charge on any atom is -0.497 e. The molecule has 0 saturated heterocycles. The van der Waals surface area contributed by atoms with E-state index in [0.717, 1.165) is 11.3 Å². The fourth-order valence-electron chi connectivity index (χ4n) is 2.64. The molecule has 1 aromatic heterocycles. The number of carbonyl (C=O) groups is 1. The Morgan fingerprint density at radius 3 is 2.74 bits per heavy atom. The van der Waals surface area contributed by atoms with Crippen LogP contribution in [0.5, 0.6) is 11.5 Å². The third kappa shape index (κ3) is 4.03. The van der Waals surface area contributed by atoms with Crippen molar-refractivity contribution in [3.05, 3.63) is 64.4 Å². The lowest BCUT2D eigenvalue weighted by Crippen LogP contribution is -2.24. The number of carbonyl (C=O) groups excluding carboxylic acids is 1. The Morgan fingerprint density at radius 1 is 1.19 bits per heavy atom. The van der Waals surface area contributed by atoms with Gasteiger partial charge in [-0.2, -0.15) is 0 Å². The molecule has 0 aliphatic carbocycles. The van der Waals surface area contributed by atoms with E-state index in [2.05, 4.69) is 15.6 Å². The van der Waals surface area contributed by atoms with E-state index >= 15 is 0 Å². The monoisotopic (exact) mass is 386 g/mol. The summed E-state index contributed by atoms with van der Waals surface area (Å²) in [5.74, 6) is 0.996. The van der Waals surface area contributed by atoms with Crippen LogP contribution < -0.4 is 14.8 Å². The molecule has 0 atom stereocenters. The smallest absolute Gasteiger partial charge is 0.274 e. The van der Waals surface area contributed by atoms with Gasteiger partial charge in [-0.3, -0.25) is 4.79 Å². The number of hydrogen-bond acceptors (Lipinski definition) is 5. The van der Waals surface area contributed by atoms with E-state index in [-0.39, 0.29) is 11.6 Å². The van der Waals surface area contributed by atoms with Crippen molar-refractivity contribution in [3.8, 4) is 17.2 Å². The largest absolute Gasteiger partial charge is 0.497 e. The van der Waals surface area contributed by atoms with Gasteiger partial charge in [0.2, 0.25) is 0 Å². The highest BCUT2D eigenvalue weighted by atomic mass is 35.5. The summed E-state index contributed by atoms with van der Waals surface area (Å²) < 4.78 is 12.1. The lowest BCUT2D eigenvalue weighted by atomic mass is 10.2. The van der Waals surface area contributed by atoms with Crippen LogP contribution >= 0.6 is 11.6 Å². The molecule has 3 aromatic rings. The van der Waals surface area contributed by atoms with Gasteiger partial charge in [-0.15, -0.1) is 5.10 Å². The molecule has 0 saturated carbocycles. The number of nitrogens with zero attached hydrogens (tertiary/aromatic N) is 3. The van der Waals surface area contributed by atoms with Gasteiger partial charge in [0, 0.05) is 11.6 Å². The highest BCUT2D eigenvalue weighted by Crippen LogP contribution is 2.27. The van der Waals surface area contributed by atoms with Crippen molar-refractivity contribution in [2.75, 3.05) is 14.2 Å². The average Bonchev–Trinajstić information content (AvgIpc) is 3.07. The summed E-state index contributed by atoms with van der Waals surface area (Å²) in [6, 6.07) is 12.6. The summed E-state index contributed by atoms with van der Waals surface area (Å²) in [6.45, 7) is 2.11. The maximum absolute atomic E-state index is 12.5. The number of benzene rings is 2. The van der Waals surface area contributed by atoms with Crippen molar-refractivity contribution in [2.24, 2.45) is 0 Å². The molecule has 0 fully saturated rings. The van der Waals surface area contributed by atoms with Gasteiger partial charge in [0.25, 0.3) is 5.91 Å². The van der Waals surface area contributed by atoms with E-state index in [0.29, 0.717) is 28.7 Å². The third-order valence-electron chi connectivity index (χ3n) is 4.07. The zero-order valence-corrected chi connectivity index (χ0v) is 15.9. The standard InChI is InChI=1S/C19H19ClN4O3/c1-12-18(19(25)21-11-13-5-4-6-15(9-13)26-2)22-23-24(12)16-10-14(20)7-8-17(16)27-3/h4-10H,11H2,1-3H3,(H,21,25). The van der Waals surface area contributed by atoms with Gasteiger partial charge in [0.1, 0.15) is 17.2 Å². The molecule has 3 rings (SSSR count). The molecule has 1 N–H and O–H groups in total. The Balaban J connectivity index is 1.80. The molecule has 2 aromatic carbocycles. The van der Waals surface area contributed by atoms with Crippen molar-refractivity contribution in [2.45, 2.75) is 13.5 Å². The van der Waals surface area contributed by atoms with E-state index in [1.165, 1.54) is 4.68 Å². The molecule has 0 aliphatic rings. The Hall–Kier alpha value is -3.06. The highest BCUT2D eigenvalue weighted by molar-refractivity contribution is 6.30. The molecule has 7 nitrogen and oxygen atoms in total. The second-order valence-corrected chi connectivity index (χ2v) is 6.22. The number of nitrogens with one attached hydrogen (secondary N) is 1. The Morgan fingerprint density at radius 2 is 2.00 bits per heavy atom. The minimum absolute atomic E-state index is 0.236. The molecular formula is C19H19ClN4O3. The second-order valence-electron chi connectivity index (χ2n) is 5.79. The predicted molar refractivity (Wildman–Crippen MR) is 102 cm³/mol. The first-order chi connectivity index (χ1) is 13.0. The maximum atomic E-state index is 12.5. The Kier molecular flexibility index (Phi) is 5.61. The van der Waals surface area contributed by atoms with Gasteiger partial charge in [-0.05, 0) is 42.8 Å². The zero-order valence-electron chi connectivity index (χ0n) is 15.2. The van der Waals surface area contributed by atoms with Crippen LogP contribution in [0.2, 0.25) is 5.02 Å². The molecule has 27 heavy (non-hydrogen) atoms. The van der Waals surface area contributed by atoms with Gasteiger partial charge in [-0.1, -0.05) is 28.9 Å². The summed E-state index contributed by atoms with van der Waals surface area (Å²) >= 11 is 6.08. The first-order valence-electron chi connectivity index (χ1n) is 8.21. The SMILES string of the molecule is COc1cccc(CNC(=O)c2nnn(-c3cc(Cl)ccc3OC)c2C)c1. The summed E-state index contributed by atoms with van der Waals surface area (Å²) in [7, 11) is 3.16. The lowest BCUT2D eigenvalue weighted by Gasteiger charge is -2.10. The summed E-state index contributed by atoms with van der Waals surface area (Å²) in [4.78, 5) is 12.5. The van der Waals surface area contributed by atoms with Crippen molar-refractivity contribution >= 4 is 17.5 Å². The van der Waals surface area contributed by atoms with Gasteiger partial charge in [0.05, 0.1) is 19.9 Å². The first kappa shape index (κ1) is 18.7. The number of rotatable bonds is 6. The van der Waals surface area contributed by atoms with Crippen molar-refractivity contribution in [1.29, 1.82) is 0 Å². The third-order valence-corrected chi connectivity index (χ3v) is 4.30. The van der Waals surface area contributed by atoms with E-state index in [1.807, 2.05) is 24.3 Å². The fraction of sp³-hybridized carbons (Fsp3) is 0.211. The van der Waals surface area contributed by atoms with Gasteiger partial charge in [-0.25, -0.2) is 4.68 Å². The van der Waals surface area contributed by atoms with Gasteiger partial charge in [0.15, 0.2) is 5.69 Å². The van der Waals surface area contributed by atoms with Crippen LogP contribution in [0.15, 0.2) is 42.5 Å². The summed E-state index contributed by atoms with van der Waals surface area (Å²) in [5, 5.41) is 11.5. The van der Waals surface area contributed by atoms with Gasteiger partial charge < -0.3 is 14.8 Å². The van der Waals surface area contributed by atoms with E-state index in [4.69, 9.17) is 21.1 Å². The normalized spacial score (nSPS) is 10.5.